The van der Waals surface area contributed by atoms with E-state index in [0.717, 1.165) is 41.8 Å². The summed E-state index contributed by atoms with van der Waals surface area (Å²) in [5.41, 5.74) is 2.06. The van der Waals surface area contributed by atoms with Gasteiger partial charge in [-0.1, -0.05) is 33.6 Å². The summed E-state index contributed by atoms with van der Waals surface area (Å²) in [6, 6.07) is 3.93. The number of hydrogen-bond donors (Lipinski definition) is 1. The maximum absolute atomic E-state index is 12.8. The van der Waals surface area contributed by atoms with E-state index in [-0.39, 0.29) is 5.91 Å². The van der Waals surface area contributed by atoms with Crippen LogP contribution in [0.15, 0.2) is 12.1 Å². The minimum Gasteiger partial charge on any atom is -0.493 e. The highest BCUT2D eigenvalue weighted by Crippen LogP contribution is 2.29. The molecule has 0 saturated heterocycles. The van der Waals surface area contributed by atoms with Crippen LogP contribution in [0.2, 0.25) is 0 Å². The van der Waals surface area contributed by atoms with E-state index in [1.807, 2.05) is 39.8 Å². The Morgan fingerprint density at radius 2 is 1.80 bits per heavy atom. The van der Waals surface area contributed by atoms with Gasteiger partial charge in [0, 0.05) is 12.3 Å². The van der Waals surface area contributed by atoms with Gasteiger partial charge in [0.15, 0.2) is 0 Å². The van der Waals surface area contributed by atoms with Crippen molar-refractivity contribution >= 4 is 11.6 Å². The van der Waals surface area contributed by atoms with Gasteiger partial charge in [-0.25, -0.2) is 0 Å². The van der Waals surface area contributed by atoms with Crippen molar-refractivity contribution in [3.8, 4) is 5.75 Å². The Kier molecular flexibility index (Phi) is 8.43. The van der Waals surface area contributed by atoms with Crippen LogP contribution in [0, 0.1) is 19.8 Å². The summed E-state index contributed by atoms with van der Waals surface area (Å²) < 4.78 is 11.7. The summed E-state index contributed by atoms with van der Waals surface area (Å²) in [4.78, 5) is 12.8. The van der Waals surface area contributed by atoms with Crippen LogP contribution >= 0.6 is 0 Å². The van der Waals surface area contributed by atoms with Crippen LogP contribution in [-0.4, -0.2) is 24.7 Å². The molecule has 0 aromatic heterocycles. The van der Waals surface area contributed by atoms with Crippen LogP contribution in [0.4, 0.5) is 5.69 Å². The standard InChI is InChI=1S/C21H35NO3/c1-8-10-11-21(7,25-9-2)20(23)22-18-12-16(5)19(17(6)13-18)24-14-15(3)4/h12-13,15H,8-11,14H2,1-7H3,(H,22,23)/t21-/m0/s1. The first-order valence-corrected chi connectivity index (χ1v) is 9.43. The first-order valence-electron chi connectivity index (χ1n) is 9.43. The van der Waals surface area contributed by atoms with Crippen molar-refractivity contribution in [2.75, 3.05) is 18.5 Å². The van der Waals surface area contributed by atoms with Gasteiger partial charge in [0.05, 0.1) is 6.61 Å². The molecule has 4 nitrogen and oxygen atoms in total. The first kappa shape index (κ1) is 21.5. The Morgan fingerprint density at radius 1 is 1.20 bits per heavy atom. The number of amides is 1. The predicted octanol–water partition coefficient (Wildman–Crippen LogP) is 5.26. The quantitative estimate of drug-likeness (QED) is 0.626. The van der Waals surface area contributed by atoms with Gasteiger partial charge in [0.2, 0.25) is 0 Å². The summed E-state index contributed by atoms with van der Waals surface area (Å²) in [5.74, 6) is 1.30. The van der Waals surface area contributed by atoms with Gasteiger partial charge in [0.25, 0.3) is 5.91 Å². The lowest BCUT2D eigenvalue weighted by molar-refractivity contribution is -0.139. The molecule has 142 valence electrons. The fraction of sp³-hybridized carbons (Fsp3) is 0.667. The summed E-state index contributed by atoms with van der Waals surface area (Å²) in [5, 5.41) is 3.03. The molecule has 1 aromatic carbocycles. The van der Waals surface area contributed by atoms with Crippen molar-refractivity contribution in [2.45, 2.75) is 73.3 Å². The predicted molar refractivity (Wildman–Crippen MR) is 104 cm³/mol. The average molecular weight is 350 g/mol. The molecule has 25 heavy (non-hydrogen) atoms. The second-order valence-corrected chi connectivity index (χ2v) is 7.37. The van der Waals surface area contributed by atoms with Crippen LogP contribution < -0.4 is 10.1 Å². The van der Waals surface area contributed by atoms with Crippen molar-refractivity contribution < 1.29 is 14.3 Å². The summed E-state index contributed by atoms with van der Waals surface area (Å²) in [7, 11) is 0. The Hall–Kier alpha value is -1.55. The summed E-state index contributed by atoms with van der Waals surface area (Å²) >= 11 is 0. The third-order valence-corrected chi connectivity index (χ3v) is 4.23. The fourth-order valence-electron chi connectivity index (χ4n) is 2.85. The molecule has 0 radical (unpaired) electrons. The third kappa shape index (κ3) is 6.35. The SMILES string of the molecule is CCCC[C@](C)(OCC)C(=O)Nc1cc(C)c(OCC(C)C)c(C)c1. The van der Waals surface area contributed by atoms with Crippen LogP contribution in [0.3, 0.4) is 0 Å². The van der Waals surface area contributed by atoms with Crippen molar-refractivity contribution in [1.29, 1.82) is 0 Å². The molecule has 0 fully saturated rings. The van der Waals surface area contributed by atoms with E-state index >= 15 is 0 Å². The van der Waals surface area contributed by atoms with E-state index in [1.54, 1.807) is 0 Å². The van der Waals surface area contributed by atoms with E-state index in [2.05, 4.69) is 26.1 Å². The highest BCUT2D eigenvalue weighted by atomic mass is 16.5. The minimum absolute atomic E-state index is 0.0857. The average Bonchev–Trinajstić information content (AvgIpc) is 2.52. The van der Waals surface area contributed by atoms with E-state index in [4.69, 9.17) is 9.47 Å². The molecule has 0 bridgehead atoms. The number of unbranched alkanes of at least 4 members (excludes halogenated alkanes) is 1. The molecule has 1 N–H and O–H groups in total. The highest BCUT2D eigenvalue weighted by Gasteiger charge is 2.33. The molecule has 0 heterocycles. The molecule has 0 spiro atoms. The third-order valence-electron chi connectivity index (χ3n) is 4.23. The Balaban J connectivity index is 2.92. The molecule has 0 aliphatic rings. The number of benzene rings is 1. The van der Waals surface area contributed by atoms with Gasteiger partial charge in [-0.15, -0.1) is 0 Å². The van der Waals surface area contributed by atoms with E-state index in [9.17, 15) is 4.79 Å². The van der Waals surface area contributed by atoms with Crippen molar-refractivity contribution in [3.05, 3.63) is 23.3 Å². The number of anilines is 1. The molecule has 0 aliphatic carbocycles. The van der Waals surface area contributed by atoms with Gasteiger partial charge in [-0.2, -0.15) is 0 Å². The van der Waals surface area contributed by atoms with Gasteiger partial charge in [-0.05, 0) is 63.3 Å². The van der Waals surface area contributed by atoms with Gasteiger partial charge < -0.3 is 14.8 Å². The molecule has 0 unspecified atom stereocenters. The molecule has 1 amide bonds. The Morgan fingerprint density at radius 3 is 2.28 bits per heavy atom. The zero-order chi connectivity index (χ0) is 19.0. The lowest BCUT2D eigenvalue weighted by Crippen LogP contribution is -2.42. The molecular weight excluding hydrogens is 314 g/mol. The number of carbonyl (C=O) groups is 1. The number of ether oxygens (including phenoxy) is 2. The first-order chi connectivity index (χ1) is 11.7. The van der Waals surface area contributed by atoms with Crippen LogP contribution in [0.5, 0.6) is 5.75 Å². The van der Waals surface area contributed by atoms with E-state index in [1.165, 1.54) is 0 Å². The van der Waals surface area contributed by atoms with E-state index in [0.29, 0.717) is 19.1 Å². The van der Waals surface area contributed by atoms with Gasteiger partial charge in [0.1, 0.15) is 11.4 Å². The number of rotatable bonds is 10. The second kappa shape index (κ2) is 9.81. The molecule has 1 aromatic rings. The van der Waals surface area contributed by atoms with Crippen LogP contribution in [0.1, 0.15) is 65.0 Å². The molecule has 4 heteroatoms. The minimum atomic E-state index is -0.792. The monoisotopic (exact) mass is 349 g/mol. The fourth-order valence-corrected chi connectivity index (χ4v) is 2.85. The second-order valence-electron chi connectivity index (χ2n) is 7.37. The van der Waals surface area contributed by atoms with Crippen molar-refractivity contribution in [1.82, 2.24) is 0 Å². The Bertz CT molecular complexity index is 545. The van der Waals surface area contributed by atoms with Crippen LogP contribution in [0.25, 0.3) is 0 Å². The highest BCUT2D eigenvalue weighted by molar-refractivity contribution is 5.97. The number of carbonyl (C=O) groups excluding carboxylic acids is 1. The van der Waals surface area contributed by atoms with Gasteiger partial charge >= 0.3 is 0 Å². The molecule has 0 saturated carbocycles. The maximum atomic E-state index is 12.8. The smallest absolute Gasteiger partial charge is 0.256 e. The largest absolute Gasteiger partial charge is 0.493 e. The summed E-state index contributed by atoms with van der Waals surface area (Å²) in [6.07, 6.45) is 2.72. The molecular formula is C21H35NO3. The van der Waals surface area contributed by atoms with Crippen molar-refractivity contribution in [3.63, 3.8) is 0 Å². The van der Waals surface area contributed by atoms with E-state index < -0.39 is 5.60 Å². The molecule has 0 aliphatic heterocycles. The van der Waals surface area contributed by atoms with Crippen molar-refractivity contribution in [2.24, 2.45) is 5.92 Å². The number of aryl methyl sites for hydroxylation is 2. The lowest BCUT2D eigenvalue weighted by Gasteiger charge is -2.28. The topological polar surface area (TPSA) is 47.6 Å². The number of nitrogens with one attached hydrogen (secondary N) is 1. The zero-order valence-electron chi connectivity index (χ0n) is 17.0. The summed E-state index contributed by atoms with van der Waals surface area (Å²) in [6.45, 7) is 15.4. The van der Waals surface area contributed by atoms with Crippen LogP contribution in [-0.2, 0) is 9.53 Å². The maximum Gasteiger partial charge on any atom is 0.256 e. The lowest BCUT2D eigenvalue weighted by atomic mass is 9.97. The molecule has 1 atom stereocenters. The Labute approximate surface area is 153 Å². The normalized spacial score (nSPS) is 13.6. The molecule has 1 rings (SSSR count). The zero-order valence-corrected chi connectivity index (χ0v) is 17.0. The number of hydrogen-bond acceptors (Lipinski definition) is 3. The van der Waals surface area contributed by atoms with Gasteiger partial charge in [-0.3, -0.25) is 4.79 Å².